The fraction of sp³-hybridized carbons (Fsp3) is 0.750. The summed E-state index contributed by atoms with van der Waals surface area (Å²) in [5, 5.41) is 15.0. The summed E-state index contributed by atoms with van der Waals surface area (Å²) in [4.78, 5) is 17.8. The van der Waals surface area contributed by atoms with Crippen LogP contribution in [0.5, 0.6) is 0 Å². The number of alkyl halides is 1. The molecule has 4 saturated carbocycles. The van der Waals surface area contributed by atoms with Crippen LogP contribution in [0.1, 0.15) is 76.0 Å². The van der Waals surface area contributed by atoms with Gasteiger partial charge in [0.2, 0.25) is 0 Å². The quantitative estimate of drug-likeness (QED) is 0.589. The van der Waals surface area contributed by atoms with Crippen molar-refractivity contribution in [3.63, 3.8) is 0 Å². The highest BCUT2D eigenvalue weighted by atomic mass is 19.1. The number of hydrogen-bond donors (Lipinski definition) is 1. The minimum Gasteiger partial charge on any atom is -0.387 e. The first-order valence-electron chi connectivity index (χ1n) is 13.2. The fourth-order valence-corrected chi connectivity index (χ4v) is 8.83. The van der Waals surface area contributed by atoms with Crippen LogP contribution in [0.4, 0.5) is 4.39 Å². The molecule has 0 aliphatic heterocycles. The van der Waals surface area contributed by atoms with Crippen molar-refractivity contribution in [2.75, 3.05) is 13.7 Å². The summed E-state index contributed by atoms with van der Waals surface area (Å²) >= 11 is 0. The Bertz CT molecular complexity index is 973. The van der Waals surface area contributed by atoms with Gasteiger partial charge in [-0.25, -0.2) is 4.39 Å². The lowest BCUT2D eigenvalue weighted by Gasteiger charge is -2.57. The zero-order valence-electron chi connectivity index (χ0n) is 20.8. The number of ketones is 1. The number of hydrogen-bond acceptors (Lipinski definition) is 4. The SMILES string of the molecule is C=Cc1cnn(CC(=O)[C@H]2CC[C@H]3[C@@H]4CC[C@H]5C[C@@](O)(CF)CC[C@@H]5[C@H]4CC[C@]23C)c1C=NC. The van der Waals surface area contributed by atoms with Gasteiger partial charge in [0.15, 0.2) is 5.78 Å². The van der Waals surface area contributed by atoms with Gasteiger partial charge >= 0.3 is 0 Å². The zero-order valence-corrected chi connectivity index (χ0v) is 20.8. The molecule has 1 aromatic heterocycles. The smallest absolute Gasteiger partial charge is 0.157 e. The summed E-state index contributed by atoms with van der Waals surface area (Å²) in [7, 11) is 1.73. The molecule has 5 rings (SSSR count). The Kier molecular flexibility index (Phi) is 6.33. The number of carbonyl (C=O) groups is 1. The molecule has 4 aliphatic rings. The Labute approximate surface area is 202 Å². The number of halogens is 1. The fourth-order valence-electron chi connectivity index (χ4n) is 8.83. The predicted octanol–water partition coefficient (Wildman–Crippen LogP) is 5.11. The third-order valence-corrected chi connectivity index (χ3v) is 10.4. The lowest BCUT2D eigenvalue weighted by atomic mass is 9.49. The van der Waals surface area contributed by atoms with Crippen molar-refractivity contribution in [2.45, 2.75) is 76.9 Å². The molecule has 1 N–H and O–H groups in total. The number of carbonyl (C=O) groups excluding carboxylic acids is 1. The number of fused-ring (bicyclic) bond motifs is 5. The molecule has 0 bridgehead atoms. The van der Waals surface area contributed by atoms with E-state index in [4.69, 9.17) is 0 Å². The minimum atomic E-state index is -1.08. The molecule has 186 valence electrons. The Morgan fingerprint density at radius 3 is 2.76 bits per heavy atom. The van der Waals surface area contributed by atoms with Gasteiger partial charge in [0.05, 0.1) is 17.5 Å². The molecular weight excluding hydrogens is 429 g/mol. The summed E-state index contributed by atoms with van der Waals surface area (Å²) < 4.78 is 15.2. The summed E-state index contributed by atoms with van der Waals surface area (Å²) in [5.74, 6) is 3.44. The molecule has 1 aromatic rings. The van der Waals surface area contributed by atoms with Crippen molar-refractivity contribution in [3.05, 3.63) is 24.0 Å². The number of rotatable bonds is 6. The molecule has 5 nitrogen and oxygen atoms in total. The second-order valence-corrected chi connectivity index (χ2v) is 11.9. The second-order valence-electron chi connectivity index (χ2n) is 11.9. The van der Waals surface area contributed by atoms with Gasteiger partial charge in [-0.3, -0.25) is 14.5 Å². The molecule has 34 heavy (non-hydrogen) atoms. The summed E-state index contributed by atoms with van der Waals surface area (Å²) in [6, 6.07) is 0. The highest BCUT2D eigenvalue weighted by Gasteiger charge is 2.59. The van der Waals surface area contributed by atoms with Crippen LogP contribution in [0.25, 0.3) is 6.08 Å². The van der Waals surface area contributed by atoms with Gasteiger partial charge in [-0.05, 0) is 92.8 Å². The first kappa shape index (κ1) is 23.9. The predicted molar refractivity (Wildman–Crippen MR) is 132 cm³/mol. The van der Waals surface area contributed by atoms with Crippen LogP contribution in [-0.4, -0.2) is 46.2 Å². The van der Waals surface area contributed by atoms with Gasteiger partial charge in [0.1, 0.15) is 13.2 Å². The van der Waals surface area contributed by atoms with E-state index in [0.717, 1.165) is 43.4 Å². The average Bonchev–Trinajstić information content (AvgIpc) is 3.39. The molecule has 0 spiro atoms. The van der Waals surface area contributed by atoms with E-state index in [1.54, 1.807) is 30.2 Å². The summed E-state index contributed by atoms with van der Waals surface area (Å²) in [6.45, 7) is 5.92. The number of Topliss-reactive ketones (excluding diaryl/α,β-unsaturated/α-hetero) is 1. The van der Waals surface area contributed by atoms with Crippen molar-refractivity contribution >= 4 is 18.1 Å². The van der Waals surface area contributed by atoms with Crippen molar-refractivity contribution < 1.29 is 14.3 Å². The maximum absolute atomic E-state index is 13.6. The highest BCUT2D eigenvalue weighted by Crippen LogP contribution is 2.64. The van der Waals surface area contributed by atoms with Crippen LogP contribution in [0, 0.1) is 40.9 Å². The van der Waals surface area contributed by atoms with Gasteiger partial charge in [0, 0.05) is 24.7 Å². The van der Waals surface area contributed by atoms with E-state index in [1.807, 2.05) is 0 Å². The van der Waals surface area contributed by atoms with E-state index in [0.29, 0.717) is 54.8 Å². The Morgan fingerprint density at radius 2 is 2.03 bits per heavy atom. The number of aliphatic imine (C=N–C) groups is 1. The third-order valence-electron chi connectivity index (χ3n) is 10.4. The number of aliphatic hydroxyl groups is 1. The van der Waals surface area contributed by atoms with Crippen LogP contribution < -0.4 is 0 Å². The van der Waals surface area contributed by atoms with Gasteiger partial charge in [-0.15, -0.1) is 0 Å². The van der Waals surface area contributed by atoms with Gasteiger partial charge in [-0.1, -0.05) is 19.6 Å². The second kappa shape index (κ2) is 9.00. The van der Waals surface area contributed by atoms with Gasteiger partial charge in [0.25, 0.3) is 0 Å². The molecule has 0 aromatic carbocycles. The molecule has 0 amide bonds. The Hall–Kier alpha value is -1.82. The summed E-state index contributed by atoms with van der Waals surface area (Å²) in [6.07, 6.45) is 14.2. The Morgan fingerprint density at radius 1 is 1.24 bits per heavy atom. The molecule has 0 radical (unpaired) electrons. The number of aromatic nitrogens is 2. The van der Waals surface area contributed by atoms with E-state index < -0.39 is 12.3 Å². The summed E-state index contributed by atoms with van der Waals surface area (Å²) in [5.41, 5.74) is 0.727. The van der Waals surface area contributed by atoms with Crippen LogP contribution in [0.3, 0.4) is 0 Å². The highest BCUT2D eigenvalue weighted by molar-refractivity contribution is 5.86. The molecule has 0 saturated heterocycles. The first-order valence-corrected chi connectivity index (χ1v) is 13.2. The van der Waals surface area contributed by atoms with Crippen LogP contribution in [0.15, 0.2) is 17.8 Å². The van der Waals surface area contributed by atoms with E-state index in [2.05, 4.69) is 23.6 Å². The monoisotopic (exact) mass is 469 g/mol. The third kappa shape index (κ3) is 3.81. The van der Waals surface area contributed by atoms with Crippen LogP contribution in [0.2, 0.25) is 0 Å². The van der Waals surface area contributed by atoms with Crippen LogP contribution in [-0.2, 0) is 11.3 Å². The maximum atomic E-state index is 13.6. The molecule has 8 atom stereocenters. The van der Waals surface area contributed by atoms with E-state index in [1.165, 1.54) is 12.8 Å². The minimum absolute atomic E-state index is 0.0624. The average molecular weight is 470 g/mol. The molecule has 4 aliphatic carbocycles. The lowest BCUT2D eigenvalue weighted by molar-refractivity contribution is -0.134. The normalized spacial score (nSPS) is 41.6. The van der Waals surface area contributed by atoms with Crippen molar-refractivity contribution in [3.8, 4) is 0 Å². The van der Waals surface area contributed by atoms with Crippen molar-refractivity contribution in [1.82, 2.24) is 9.78 Å². The first-order chi connectivity index (χ1) is 16.3. The van der Waals surface area contributed by atoms with Crippen molar-refractivity contribution in [2.24, 2.45) is 45.9 Å². The maximum Gasteiger partial charge on any atom is 0.157 e. The lowest BCUT2D eigenvalue weighted by Crippen LogP contribution is -2.52. The van der Waals surface area contributed by atoms with E-state index >= 15 is 0 Å². The standard InChI is InChI=1S/C28H40FN3O2/c1-4-18-14-31-32(25(18)15-30-3)16-26(33)24-8-7-23-22-6-5-19-13-28(34,17-29)12-10-20(19)21(22)9-11-27(23,24)2/h4,14-15,19-24,34H,1,5-13,16-17H2,2-3H3/t19-,20-,21+,22+,23-,24+,27-,28+/m0/s1. The molecule has 4 fully saturated rings. The molecule has 1 heterocycles. The largest absolute Gasteiger partial charge is 0.387 e. The van der Waals surface area contributed by atoms with Gasteiger partial charge < -0.3 is 5.11 Å². The number of nitrogens with zero attached hydrogens (tertiary/aromatic N) is 3. The van der Waals surface area contributed by atoms with E-state index in [9.17, 15) is 14.3 Å². The zero-order chi connectivity index (χ0) is 24.1. The topological polar surface area (TPSA) is 67.5 Å². The molecule has 6 heteroatoms. The Balaban J connectivity index is 1.31. The molecule has 0 unspecified atom stereocenters. The van der Waals surface area contributed by atoms with E-state index in [-0.39, 0.29) is 11.3 Å². The van der Waals surface area contributed by atoms with Gasteiger partial charge in [-0.2, -0.15) is 5.10 Å². The van der Waals surface area contributed by atoms with Crippen molar-refractivity contribution in [1.29, 1.82) is 0 Å². The van der Waals surface area contributed by atoms with Crippen LogP contribution >= 0.6 is 0 Å². The molecular formula is C28H40FN3O2.